The summed E-state index contributed by atoms with van der Waals surface area (Å²) in [6, 6.07) is 4.27. The molecule has 1 aromatic heterocycles. The molecule has 0 N–H and O–H groups in total. The molecular formula is C7H10S. The van der Waals surface area contributed by atoms with Gasteiger partial charge in [-0.05, 0) is 17.4 Å². The Morgan fingerprint density at radius 2 is 2.25 bits per heavy atom. The molecule has 0 nitrogen and oxygen atoms in total. The van der Waals surface area contributed by atoms with Crippen LogP contribution < -0.4 is 0 Å². The third kappa shape index (κ3) is 1.10. The second kappa shape index (κ2) is 2.31. The molecule has 0 aliphatic heterocycles. The molecule has 1 heteroatoms. The van der Waals surface area contributed by atoms with E-state index in [1.807, 2.05) is 11.3 Å². The van der Waals surface area contributed by atoms with Crippen molar-refractivity contribution in [1.82, 2.24) is 0 Å². The Balaban J connectivity index is 2.77. The zero-order valence-electron chi connectivity index (χ0n) is 5.22. The maximum absolute atomic E-state index is 2.21. The predicted molar refractivity (Wildman–Crippen MR) is 38.4 cm³/mol. The summed E-state index contributed by atoms with van der Waals surface area (Å²) in [5.41, 5.74) is 0. The van der Waals surface area contributed by atoms with Crippen LogP contribution in [0.3, 0.4) is 0 Å². The van der Waals surface area contributed by atoms with Crippen molar-refractivity contribution in [2.45, 2.75) is 19.8 Å². The van der Waals surface area contributed by atoms with Crippen molar-refractivity contribution in [3.8, 4) is 0 Å². The van der Waals surface area contributed by atoms with E-state index in [-0.39, 0.29) is 0 Å². The highest BCUT2D eigenvalue weighted by atomic mass is 32.1. The number of hydrogen-bond acceptors (Lipinski definition) is 1. The molecule has 1 rings (SSSR count). The van der Waals surface area contributed by atoms with Gasteiger partial charge in [-0.15, -0.1) is 11.3 Å². The lowest BCUT2D eigenvalue weighted by Gasteiger charge is -1.95. The van der Waals surface area contributed by atoms with Gasteiger partial charge in [0.2, 0.25) is 0 Å². The Hall–Kier alpha value is -0.300. The molecule has 0 aliphatic carbocycles. The Morgan fingerprint density at radius 3 is 2.50 bits per heavy atom. The summed E-state index contributed by atoms with van der Waals surface area (Å²) in [6.07, 6.45) is 0. The van der Waals surface area contributed by atoms with E-state index in [1.165, 1.54) is 4.88 Å². The zero-order chi connectivity index (χ0) is 5.98. The van der Waals surface area contributed by atoms with Gasteiger partial charge in [0.05, 0.1) is 0 Å². The molecule has 1 heterocycles. The molecule has 0 bridgehead atoms. The molecule has 0 amide bonds. The standard InChI is InChI=1S/C7H10S/c1-6(2)7-4-3-5-8-7/h3-6H,1-2H3. The Labute approximate surface area is 54.2 Å². The van der Waals surface area contributed by atoms with Gasteiger partial charge >= 0.3 is 0 Å². The minimum atomic E-state index is 0.704. The average molecular weight is 126 g/mol. The molecule has 0 spiro atoms. The van der Waals surface area contributed by atoms with E-state index in [1.54, 1.807) is 0 Å². The van der Waals surface area contributed by atoms with Gasteiger partial charge in [-0.1, -0.05) is 19.9 Å². The highest BCUT2D eigenvalue weighted by molar-refractivity contribution is 7.10. The number of thiophene rings is 1. The summed E-state index contributed by atoms with van der Waals surface area (Å²) >= 11 is 1.83. The van der Waals surface area contributed by atoms with E-state index in [9.17, 15) is 0 Å². The smallest absolute Gasteiger partial charge is 0.00706 e. The summed E-state index contributed by atoms with van der Waals surface area (Å²) in [4.78, 5) is 1.48. The van der Waals surface area contributed by atoms with Gasteiger partial charge in [-0.25, -0.2) is 0 Å². The molecule has 8 heavy (non-hydrogen) atoms. The van der Waals surface area contributed by atoms with Gasteiger partial charge in [0.1, 0.15) is 0 Å². The van der Waals surface area contributed by atoms with E-state index >= 15 is 0 Å². The van der Waals surface area contributed by atoms with Gasteiger partial charge in [0, 0.05) is 4.88 Å². The third-order valence-corrected chi connectivity index (χ3v) is 2.29. The average Bonchev–Trinajstić information content (AvgIpc) is 2.12. The van der Waals surface area contributed by atoms with Gasteiger partial charge in [-0.3, -0.25) is 0 Å². The quantitative estimate of drug-likeness (QED) is 0.542. The molecule has 0 saturated carbocycles. The van der Waals surface area contributed by atoms with Crippen molar-refractivity contribution in [2.75, 3.05) is 0 Å². The fourth-order valence-corrected chi connectivity index (χ4v) is 1.36. The van der Waals surface area contributed by atoms with Crippen LogP contribution in [-0.2, 0) is 0 Å². The van der Waals surface area contributed by atoms with Crippen LogP contribution in [0.25, 0.3) is 0 Å². The van der Waals surface area contributed by atoms with Gasteiger partial charge < -0.3 is 0 Å². The van der Waals surface area contributed by atoms with Crippen LogP contribution in [0.2, 0.25) is 0 Å². The van der Waals surface area contributed by atoms with Gasteiger partial charge in [0.15, 0.2) is 0 Å². The lowest BCUT2D eigenvalue weighted by molar-refractivity contribution is 0.890. The van der Waals surface area contributed by atoms with Crippen LogP contribution in [0.4, 0.5) is 0 Å². The summed E-state index contributed by atoms with van der Waals surface area (Å²) in [5, 5.41) is 2.12. The maximum atomic E-state index is 2.21. The first-order valence-electron chi connectivity index (χ1n) is 2.84. The van der Waals surface area contributed by atoms with Crippen molar-refractivity contribution < 1.29 is 0 Å². The summed E-state index contributed by atoms with van der Waals surface area (Å²) in [5.74, 6) is 0.704. The summed E-state index contributed by atoms with van der Waals surface area (Å²) < 4.78 is 0. The Morgan fingerprint density at radius 1 is 1.50 bits per heavy atom. The number of hydrogen-bond donors (Lipinski definition) is 0. The molecular weight excluding hydrogens is 116 g/mol. The van der Waals surface area contributed by atoms with E-state index in [0.717, 1.165) is 0 Å². The Bertz CT molecular complexity index is 139. The first kappa shape index (κ1) is 5.83. The second-order valence-corrected chi connectivity index (χ2v) is 3.15. The van der Waals surface area contributed by atoms with E-state index in [2.05, 4.69) is 31.4 Å². The minimum absolute atomic E-state index is 0.704. The highest BCUT2D eigenvalue weighted by Gasteiger charge is 1.95. The van der Waals surface area contributed by atoms with Gasteiger partial charge in [0.25, 0.3) is 0 Å². The number of rotatable bonds is 1. The third-order valence-electron chi connectivity index (χ3n) is 1.11. The molecule has 0 atom stereocenters. The van der Waals surface area contributed by atoms with Crippen LogP contribution in [0.1, 0.15) is 24.6 Å². The highest BCUT2D eigenvalue weighted by Crippen LogP contribution is 2.18. The molecule has 0 aromatic carbocycles. The van der Waals surface area contributed by atoms with Crippen LogP contribution in [0, 0.1) is 0 Å². The molecule has 0 saturated heterocycles. The first-order valence-corrected chi connectivity index (χ1v) is 3.72. The Kier molecular flexibility index (Phi) is 1.69. The lowest BCUT2D eigenvalue weighted by Crippen LogP contribution is -1.77. The fraction of sp³-hybridized carbons (Fsp3) is 0.429. The van der Waals surface area contributed by atoms with E-state index in [4.69, 9.17) is 0 Å². The summed E-state index contributed by atoms with van der Waals surface area (Å²) in [6.45, 7) is 4.43. The first-order chi connectivity index (χ1) is 3.80. The van der Waals surface area contributed by atoms with Crippen molar-refractivity contribution >= 4 is 11.3 Å². The van der Waals surface area contributed by atoms with Crippen LogP contribution in [-0.4, -0.2) is 0 Å². The molecule has 1 aromatic rings. The second-order valence-electron chi connectivity index (χ2n) is 2.17. The van der Waals surface area contributed by atoms with Crippen molar-refractivity contribution in [1.29, 1.82) is 0 Å². The van der Waals surface area contributed by atoms with Crippen molar-refractivity contribution in [3.05, 3.63) is 22.4 Å². The van der Waals surface area contributed by atoms with Crippen molar-refractivity contribution in [3.63, 3.8) is 0 Å². The van der Waals surface area contributed by atoms with E-state index < -0.39 is 0 Å². The predicted octanol–water partition coefficient (Wildman–Crippen LogP) is 2.87. The van der Waals surface area contributed by atoms with Crippen LogP contribution >= 0.6 is 11.3 Å². The maximum Gasteiger partial charge on any atom is 0.00706 e. The molecule has 44 valence electrons. The normalized spacial score (nSPS) is 10.4. The fourth-order valence-electron chi connectivity index (χ4n) is 0.620. The zero-order valence-corrected chi connectivity index (χ0v) is 6.03. The SMILES string of the molecule is CC(C)c1cccs1. The monoisotopic (exact) mass is 126 g/mol. The van der Waals surface area contributed by atoms with E-state index in [0.29, 0.717) is 5.92 Å². The van der Waals surface area contributed by atoms with Crippen LogP contribution in [0.5, 0.6) is 0 Å². The molecule has 0 fully saturated rings. The van der Waals surface area contributed by atoms with Crippen molar-refractivity contribution in [2.24, 2.45) is 0 Å². The largest absolute Gasteiger partial charge is 0.149 e. The topological polar surface area (TPSA) is 0 Å². The van der Waals surface area contributed by atoms with Gasteiger partial charge in [-0.2, -0.15) is 0 Å². The molecule has 0 aliphatic rings. The molecule has 0 radical (unpaired) electrons. The van der Waals surface area contributed by atoms with Crippen LogP contribution in [0.15, 0.2) is 17.5 Å². The summed E-state index contributed by atoms with van der Waals surface area (Å²) in [7, 11) is 0. The lowest BCUT2D eigenvalue weighted by atomic mass is 10.2. The minimum Gasteiger partial charge on any atom is -0.149 e. The molecule has 0 unspecified atom stereocenters.